The largest absolute Gasteiger partial charge is 0.360 e. The fourth-order valence-electron chi connectivity index (χ4n) is 2.33. The van der Waals surface area contributed by atoms with Gasteiger partial charge in [-0.2, -0.15) is 4.31 Å². The van der Waals surface area contributed by atoms with E-state index in [0.29, 0.717) is 11.5 Å². The van der Waals surface area contributed by atoms with E-state index in [4.69, 9.17) is 4.74 Å². The van der Waals surface area contributed by atoms with Crippen molar-refractivity contribution < 1.29 is 13.2 Å². The molecule has 2 aliphatic heterocycles. The number of hydrogen-bond donors (Lipinski definition) is 0. The van der Waals surface area contributed by atoms with Crippen LogP contribution in [-0.4, -0.2) is 31.6 Å². The summed E-state index contributed by atoms with van der Waals surface area (Å²) in [6.07, 6.45) is 1.65. The van der Waals surface area contributed by atoms with Gasteiger partial charge in [0.25, 0.3) is 0 Å². The van der Waals surface area contributed by atoms with Crippen molar-refractivity contribution in [1.82, 2.24) is 4.31 Å². The topological polar surface area (TPSA) is 46.4 Å². The first kappa shape index (κ1) is 11.2. The first-order valence-electron chi connectivity index (χ1n) is 5.82. The minimum atomic E-state index is -3.36. The maximum Gasteiger partial charge on any atom is 0.245 e. The van der Waals surface area contributed by atoms with E-state index in [1.165, 1.54) is 4.31 Å². The van der Waals surface area contributed by atoms with Crippen molar-refractivity contribution in [2.24, 2.45) is 0 Å². The standard InChI is InChI=1S/C12H15NO3S/c1-9-4-6-10(7-5-9)17(14,15)13-11-3-2-8-16-12(11)13/h4-7,11-12H,2-3,8H2,1H3. The Bertz CT molecular complexity index is 511. The lowest BCUT2D eigenvalue weighted by Gasteiger charge is -2.06. The summed E-state index contributed by atoms with van der Waals surface area (Å²) in [5, 5.41) is 0. The fraction of sp³-hybridized carbons (Fsp3) is 0.500. The Labute approximate surface area is 101 Å². The molecular formula is C12H15NO3S. The van der Waals surface area contributed by atoms with Crippen LogP contribution in [0.1, 0.15) is 18.4 Å². The number of nitrogens with zero attached hydrogens (tertiary/aromatic N) is 1. The van der Waals surface area contributed by atoms with E-state index in [1.807, 2.05) is 19.1 Å². The molecule has 1 aromatic rings. The molecule has 0 aliphatic carbocycles. The van der Waals surface area contributed by atoms with Gasteiger partial charge in [-0.05, 0) is 31.9 Å². The van der Waals surface area contributed by atoms with E-state index in [9.17, 15) is 8.42 Å². The molecule has 2 saturated heterocycles. The van der Waals surface area contributed by atoms with E-state index in [-0.39, 0.29) is 12.3 Å². The maximum atomic E-state index is 12.3. The Hall–Kier alpha value is -0.910. The van der Waals surface area contributed by atoms with Gasteiger partial charge in [0.05, 0.1) is 10.9 Å². The van der Waals surface area contributed by atoms with Crippen molar-refractivity contribution in [2.45, 2.75) is 36.9 Å². The van der Waals surface area contributed by atoms with Crippen molar-refractivity contribution in [3.05, 3.63) is 29.8 Å². The number of fused-ring (bicyclic) bond motifs is 1. The molecule has 0 saturated carbocycles. The summed E-state index contributed by atoms with van der Waals surface area (Å²) in [7, 11) is -3.36. The third-order valence-corrected chi connectivity index (χ3v) is 5.25. The third kappa shape index (κ3) is 1.78. The smallest absolute Gasteiger partial charge is 0.245 e. The number of hydrogen-bond acceptors (Lipinski definition) is 3. The van der Waals surface area contributed by atoms with Crippen molar-refractivity contribution in [3.8, 4) is 0 Å². The van der Waals surface area contributed by atoms with Crippen molar-refractivity contribution in [1.29, 1.82) is 0 Å². The molecule has 4 nitrogen and oxygen atoms in total. The monoisotopic (exact) mass is 253 g/mol. The van der Waals surface area contributed by atoms with E-state index in [2.05, 4.69) is 0 Å². The van der Waals surface area contributed by atoms with Gasteiger partial charge in [-0.25, -0.2) is 8.42 Å². The Morgan fingerprint density at radius 3 is 2.59 bits per heavy atom. The van der Waals surface area contributed by atoms with E-state index < -0.39 is 10.0 Å². The number of aryl methyl sites for hydroxylation is 1. The second-order valence-corrected chi connectivity index (χ2v) is 6.46. The Morgan fingerprint density at radius 1 is 1.29 bits per heavy atom. The molecule has 0 aromatic heterocycles. The van der Waals surface area contributed by atoms with Crippen LogP contribution in [0.4, 0.5) is 0 Å². The third-order valence-electron chi connectivity index (χ3n) is 3.35. The Kier molecular flexibility index (Phi) is 2.50. The maximum absolute atomic E-state index is 12.3. The molecule has 2 fully saturated rings. The lowest BCUT2D eigenvalue weighted by molar-refractivity contribution is 0.0787. The Morgan fingerprint density at radius 2 is 2.00 bits per heavy atom. The average molecular weight is 253 g/mol. The molecule has 5 heteroatoms. The summed E-state index contributed by atoms with van der Waals surface area (Å²) >= 11 is 0. The number of ether oxygens (including phenoxy) is 1. The van der Waals surface area contributed by atoms with Crippen LogP contribution in [0, 0.1) is 6.92 Å². The van der Waals surface area contributed by atoms with Gasteiger partial charge in [-0.15, -0.1) is 0 Å². The molecule has 3 unspecified atom stereocenters. The van der Waals surface area contributed by atoms with Crippen LogP contribution in [0.3, 0.4) is 0 Å². The molecular weight excluding hydrogens is 238 g/mol. The zero-order valence-corrected chi connectivity index (χ0v) is 10.5. The van der Waals surface area contributed by atoms with Crippen LogP contribution >= 0.6 is 0 Å². The molecule has 0 N–H and O–H groups in total. The molecule has 17 heavy (non-hydrogen) atoms. The summed E-state index contributed by atoms with van der Waals surface area (Å²) in [5.74, 6) is 0. The zero-order chi connectivity index (χ0) is 12.0. The summed E-state index contributed by atoms with van der Waals surface area (Å²) < 4.78 is 31.6. The highest BCUT2D eigenvalue weighted by atomic mass is 32.2. The predicted octanol–water partition coefficient (Wildman–Crippen LogP) is 1.50. The van der Waals surface area contributed by atoms with Crippen molar-refractivity contribution in [2.75, 3.05) is 6.61 Å². The van der Waals surface area contributed by atoms with Gasteiger partial charge >= 0.3 is 0 Å². The second-order valence-electron chi connectivity index (χ2n) is 4.62. The van der Waals surface area contributed by atoms with Crippen LogP contribution in [0.25, 0.3) is 0 Å². The number of sulfonamides is 1. The molecule has 0 bridgehead atoms. The van der Waals surface area contributed by atoms with Gasteiger partial charge in [-0.3, -0.25) is 0 Å². The molecule has 0 spiro atoms. The van der Waals surface area contributed by atoms with Crippen molar-refractivity contribution >= 4 is 10.0 Å². The van der Waals surface area contributed by atoms with E-state index in [1.54, 1.807) is 12.1 Å². The van der Waals surface area contributed by atoms with Gasteiger partial charge in [-0.1, -0.05) is 17.7 Å². The minimum absolute atomic E-state index is 0.0649. The van der Waals surface area contributed by atoms with Gasteiger partial charge in [0.15, 0.2) is 0 Å². The number of benzene rings is 1. The lowest BCUT2D eigenvalue weighted by Crippen LogP contribution is -2.16. The molecule has 3 rings (SSSR count). The van der Waals surface area contributed by atoms with E-state index in [0.717, 1.165) is 18.4 Å². The summed E-state index contributed by atoms with van der Waals surface area (Å²) in [6, 6.07) is 7.03. The van der Waals surface area contributed by atoms with Gasteiger partial charge in [0.1, 0.15) is 6.23 Å². The first-order valence-corrected chi connectivity index (χ1v) is 7.26. The molecule has 3 atom stereocenters. The van der Waals surface area contributed by atoms with Gasteiger partial charge in [0, 0.05) is 6.61 Å². The van der Waals surface area contributed by atoms with Gasteiger partial charge in [0.2, 0.25) is 10.0 Å². The van der Waals surface area contributed by atoms with Crippen LogP contribution in [-0.2, 0) is 14.8 Å². The van der Waals surface area contributed by atoms with Crippen LogP contribution in [0.15, 0.2) is 29.2 Å². The fourth-order valence-corrected chi connectivity index (χ4v) is 4.04. The highest BCUT2D eigenvalue weighted by molar-refractivity contribution is 7.89. The zero-order valence-electron chi connectivity index (χ0n) is 9.67. The normalized spacial score (nSPS) is 31.9. The molecule has 2 aliphatic rings. The summed E-state index contributed by atoms with van der Waals surface area (Å²) in [5.41, 5.74) is 1.06. The van der Waals surface area contributed by atoms with E-state index >= 15 is 0 Å². The second kappa shape index (κ2) is 3.80. The quantitative estimate of drug-likeness (QED) is 0.750. The predicted molar refractivity (Wildman–Crippen MR) is 63.0 cm³/mol. The minimum Gasteiger partial charge on any atom is -0.360 e. The lowest BCUT2D eigenvalue weighted by atomic mass is 10.2. The summed E-state index contributed by atoms with van der Waals surface area (Å²) in [4.78, 5) is 0.362. The average Bonchev–Trinajstić information content (AvgIpc) is 3.04. The first-order chi connectivity index (χ1) is 8.10. The Balaban J connectivity index is 1.89. The number of rotatable bonds is 2. The molecule has 0 amide bonds. The van der Waals surface area contributed by atoms with Crippen LogP contribution in [0.2, 0.25) is 0 Å². The van der Waals surface area contributed by atoms with Gasteiger partial charge < -0.3 is 4.74 Å². The molecule has 2 heterocycles. The van der Waals surface area contributed by atoms with Crippen LogP contribution in [0.5, 0.6) is 0 Å². The molecule has 1 aromatic carbocycles. The summed E-state index contributed by atoms with van der Waals surface area (Å²) in [6.45, 7) is 2.61. The highest BCUT2D eigenvalue weighted by Gasteiger charge is 2.57. The SMILES string of the molecule is Cc1ccc(S(=O)(=O)N2C3CCCOC32)cc1. The molecule has 0 radical (unpaired) electrons. The van der Waals surface area contributed by atoms with Crippen LogP contribution < -0.4 is 0 Å². The molecule has 92 valence electrons. The van der Waals surface area contributed by atoms with Crippen molar-refractivity contribution in [3.63, 3.8) is 0 Å². The highest BCUT2D eigenvalue weighted by Crippen LogP contribution is 2.41.